The van der Waals surface area contributed by atoms with Crippen LogP contribution in [0.4, 0.5) is 0 Å². The van der Waals surface area contributed by atoms with Crippen LogP contribution in [0.1, 0.15) is 18.1 Å². The lowest BCUT2D eigenvalue weighted by Crippen LogP contribution is -2.30. The minimum atomic E-state index is -0.982. The van der Waals surface area contributed by atoms with Crippen molar-refractivity contribution in [1.82, 2.24) is 4.90 Å². The number of rotatable bonds is 10. The highest BCUT2D eigenvalue weighted by atomic mass is 16.5. The molecule has 0 fully saturated rings. The molecule has 0 aliphatic carbocycles. The van der Waals surface area contributed by atoms with Crippen molar-refractivity contribution in [2.24, 2.45) is 0 Å². The van der Waals surface area contributed by atoms with Crippen LogP contribution in [0.3, 0.4) is 0 Å². The molecule has 0 aliphatic rings. The third-order valence-electron chi connectivity index (χ3n) is 4.04. The van der Waals surface area contributed by atoms with Gasteiger partial charge in [0.05, 0.1) is 0 Å². The molecule has 6 nitrogen and oxygen atoms in total. The Bertz CT molecular complexity index is 730. The normalized spacial score (nSPS) is 11.6. The molecule has 1 amide bonds. The van der Waals surface area contributed by atoms with E-state index in [0.29, 0.717) is 18.9 Å². The summed E-state index contributed by atoms with van der Waals surface area (Å²) in [6.45, 7) is 2.57. The van der Waals surface area contributed by atoms with Crippen molar-refractivity contribution in [3.8, 4) is 5.75 Å². The van der Waals surface area contributed by atoms with E-state index in [1.807, 2.05) is 30.3 Å². The fourth-order valence-corrected chi connectivity index (χ4v) is 2.56. The maximum Gasteiger partial charge on any atom is 0.333 e. The van der Waals surface area contributed by atoms with E-state index in [-0.39, 0.29) is 18.9 Å². The number of hydrogen-bond donors (Lipinski definition) is 1. The van der Waals surface area contributed by atoms with Gasteiger partial charge in [0.25, 0.3) is 5.91 Å². The molecule has 2 aromatic rings. The molecule has 0 spiro atoms. The molecule has 27 heavy (non-hydrogen) atoms. The topological polar surface area (TPSA) is 76.1 Å². The van der Waals surface area contributed by atoms with Crippen LogP contribution in [0.2, 0.25) is 0 Å². The third kappa shape index (κ3) is 6.75. The summed E-state index contributed by atoms with van der Waals surface area (Å²) in [5.41, 5.74) is 1.88. The molecule has 0 heterocycles. The van der Waals surface area contributed by atoms with Gasteiger partial charge in [-0.05, 0) is 30.2 Å². The SMILES string of the molecule is CCO[C@@H](Cc1ccc(OCC(=O)N(C)Cc2ccccc2)cc1)C(=O)O. The molecular weight excluding hydrogens is 346 g/mol. The summed E-state index contributed by atoms with van der Waals surface area (Å²) in [5, 5.41) is 9.13. The first-order valence-corrected chi connectivity index (χ1v) is 8.83. The lowest BCUT2D eigenvalue weighted by molar-refractivity contribution is -0.150. The molecular formula is C21H25NO5. The molecule has 0 aliphatic heterocycles. The second-order valence-electron chi connectivity index (χ2n) is 6.15. The molecule has 144 valence electrons. The second-order valence-corrected chi connectivity index (χ2v) is 6.15. The van der Waals surface area contributed by atoms with E-state index in [1.165, 1.54) is 0 Å². The molecule has 0 unspecified atom stereocenters. The van der Waals surface area contributed by atoms with E-state index in [4.69, 9.17) is 14.6 Å². The molecule has 2 aromatic carbocycles. The van der Waals surface area contributed by atoms with E-state index in [9.17, 15) is 9.59 Å². The summed E-state index contributed by atoms with van der Waals surface area (Å²) >= 11 is 0. The van der Waals surface area contributed by atoms with Crippen LogP contribution in [-0.2, 0) is 27.3 Å². The lowest BCUT2D eigenvalue weighted by Gasteiger charge is -2.17. The first-order valence-electron chi connectivity index (χ1n) is 8.83. The number of hydrogen-bond acceptors (Lipinski definition) is 4. The van der Waals surface area contributed by atoms with Gasteiger partial charge in [-0.15, -0.1) is 0 Å². The molecule has 1 N–H and O–H groups in total. The van der Waals surface area contributed by atoms with Gasteiger partial charge in [0.2, 0.25) is 0 Å². The van der Waals surface area contributed by atoms with Gasteiger partial charge in [0.1, 0.15) is 5.75 Å². The Labute approximate surface area is 159 Å². The van der Waals surface area contributed by atoms with Crippen molar-refractivity contribution in [2.45, 2.75) is 26.0 Å². The number of nitrogens with zero attached hydrogens (tertiary/aromatic N) is 1. The fraction of sp³-hybridized carbons (Fsp3) is 0.333. The first kappa shape index (κ1) is 20.5. The standard InChI is InChI=1S/C21H25NO5/c1-3-26-19(21(24)25)13-16-9-11-18(12-10-16)27-15-20(23)22(2)14-17-7-5-4-6-8-17/h4-12,19H,3,13-15H2,1-2H3,(H,24,25)/t19-/m0/s1. The van der Waals surface area contributed by atoms with E-state index >= 15 is 0 Å². The van der Waals surface area contributed by atoms with Crippen LogP contribution < -0.4 is 4.74 Å². The van der Waals surface area contributed by atoms with Crippen LogP contribution in [0.15, 0.2) is 54.6 Å². The number of aliphatic carboxylic acids is 1. The Morgan fingerprint density at radius 2 is 1.70 bits per heavy atom. The molecule has 6 heteroatoms. The number of carbonyl (C=O) groups is 2. The van der Waals surface area contributed by atoms with Crippen molar-refractivity contribution in [1.29, 1.82) is 0 Å². The highest BCUT2D eigenvalue weighted by Crippen LogP contribution is 2.15. The molecule has 0 radical (unpaired) electrons. The van der Waals surface area contributed by atoms with E-state index in [1.54, 1.807) is 43.1 Å². The van der Waals surface area contributed by atoms with Gasteiger partial charge >= 0.3 is 5.97 Å². The molecule has 0 aromatic heterocycles. The third-order valence-corrected chi connectivity index (χ3v) is 4.04. The zero-order valence-corrected chi connectivity index (χ0v) is 15.6. The Kier molecular flexibility index (Phi) is 7.82. The van der Waals surface area contributed by atoms with Crippen LogP contribution in [0, 0.1) is 0 Å². The minimum absolute atomic E-state index is 0.0562. The number of carboxylic acid groups (broad SMARTS) is 1. The predicted molar refractivity (Wildman–Crippen MR) is 102 cm³/mol. The largest absolute Gasteiger partial charge is 0.484 e. The molecule has 0 saturated carbocycles. The highest BCUT2D eigenvalue weighted by molar-refractivity contribution is 5.77. The maximum absolute atomic E-state index is 12.2. The quantitative estimate of drug-likeness (QED) is 0.695. The van der Waals surface area contributed by atoms with Gasteiger partial charge in [-0.1, -0.05) is 42.5 Å². The summed E-state index contributed by atoms with van der Waals surface area (Å²) in [7, 11) is 1.74. The van der Waals surface area contributed by atoms with Gasteiger partial charge in [-0.25, -0.2) is 4.79 Å². The van der Waals surface area contributed by atoms with Gasteiger partial charge < -0.3 is 19.5 Å². The van der Waals surface area contributed by atoms with Crippen LogP contribution in [0.5, 0.6) is 5.75 Å². The van der Waals surface area contributed by atoms with Gasteiger partial charge in [-0.2, -0.15) is 0 Å². The number of ether oxygens (including phenoxy) is 2. The second kappa shape index (κ2) is 10.3. The van der Waals surface area contributed by atoms with E-state index in [2.05, 4.69) is 0 Å². The average molecular weight is 371 g/mol. The number of carbonyl (C=O) groups excluding carboxylic acids is 1. The monoisotopic (exact) mass is 371 g/mol. The summed E-state index contributed by atoms with van der Waals surface area (Å²) in [6, 6.07) is 16.8. The average Bonchev–Trinajstić information content (AvgIpc) is 2.67. The van der Waals surface area contributed by atoms with Crippen LogP contribution >= 0.6 is 0 Å². The molecule has 0 bridgehead atoms. The van der Waals surface area contributed by atoms with Crippen LogP contribution in [0.25, 0.3) is 0 Å². The lowest BCUT2D eigenvalue weighted by atomic mass is 10.1. The molecule has 0 saturated heterocycles. The maximum atomic E-state index is 12.2. The summed E-state index contributed by atoms with van der Waals surface area (Å²) in [5.74, 6) is -0.544. The predicted octanol–water partition coefficient (Wildman–Crippen LogP) is 2.76. The van der Waals surface area contributed by atoms with Crippen molar-refractivity contribution >= 4 is 11.9 Å². The summed E-state index contributed by atoms with van der Waals surface area (Å²) < 4.78 is 10.8. The minimum Gasteiger partial charge on any atom is -0.484 e. The number of carboxylic acids is 1. The van der Waals surface area contributed by atoms with E-state index < -0.39 is 12.1 Å². The number of likely N-dealkylation sites (N-methyl/N-ethyl adjacent to an activating group) is 1. The Morgan fingerprint density at radius 3 is 2.30 bits per heavy atom. The summed E-state index contributed by atoms with van der Waals surface area (Å²) in [6.07, 6.45) is -0.586. The van der Waals surface area contributed by atoms with Crippen molar-refractivity contribution in [2.75, 3.05) is 20.3 Å². The molecule has 2 rings (SSSR count). The fourth-order valence-electron chi connectivity index (χ4n) is 2.56. The van der Waals surface area contributed by atoms with Gasteiger partial charge in [0, 0.05) is 26.6 Å². The highest BCUT2D eigenvalue weighted by Gasteiger charge is 2.18. The summed E-state index contributed by atoms with van der Waals surface area (Å²) in [4.78, 5) is 25.0. The van der Waals surface area contributed by atoms with Crippen molar-refractivity contribution < 1.29 is 24.2 Å². The number of amides is 1. The van der Waals surface area contributed by atoms with E-state index in [0.717, 1.165) is 11.1 Å². The Balaban J connectivity index is 1.83. The molecule has 1 atom stereocenters. The zero-order valence-electron chi connectivity index (χ0n) is 15.6. The Hall–Kier alpha value is -2.86. The van der Waals surface area contributed by atoms with Crippen LogP contribution in [-0.4, -0.2) is 48.2 Å². The van der Waals surface area contributed by atoms with Crippen molar-refractivity contribution in [3.05, 3.63) is 65.7 Å². The van der Waals surface area contributed by atoms with Gasteiger partial charge in [0.15, 0.2) is 12.7 Å². The zero-order chi connectivity index (χ0) is 19.6. The first-order chi connectivity index (χ1) is 13.0. The van der Waals surface area contributed by atoms with Crippen molar-refractivity contribution in [3.63, 3.8) is 0 Å². The Morgan fingerprint density at radius 1 is 1.04 bits per heavy atom. The number of benzene rings is 2. The smallest absolute Gasteiger partial charge is 0.333 e. The van der Waals surface area contributed by atoms with Gasteiger partial charge in [-0.3, -0.25) is 4.79 Å².